The maximum Gasteiger partial charge on any atom is 0.307 e. The summed E-state index contributed by atoms with van der Waals surface area (Å²) >= 11 is 0. The molecule has 0 aliphatic rings. The number of aliphatic carboxylic acids is 1. The minimum absolute atomic E-state index is 0.0979. The molecule has 1 aromatic rings. The third-order valence-electron chi connectivity index (χ3n) is 2.24. The third kappa shape index (κ3) is 3.07. The molecule has 1 unspecified atom stereocenters. The van der Waals surface area contributed by atoms with Crippen molar-refractivity contribution < 1.29 is 18.3 Å². The summed E-state index contributed by atoms with van der Waals surface area (Å²) in [5.41, 5.74) is 0. The molecule has 16 heavy (non-hydrogen) atoms. The molecule has 0 saturated carbocycles. The molecule has 1 aromatic heterocycles. The van der Waals surface area contributed by atoms with Crippen molar-refractivity contribution in [2.24, 2.45) is 5.92 Å². The summed E-state index contributed by atoms with van der Waals surface area (Å²) in [5.74, 6) is -1.70. The summed E-state index contributed by atoms with van der Waals surface area (Å²) in [6, 6.07) is 1.41. The molecular formula is C9H14N2O4S. The number of carbonyl (C=O) groups is 1. The normalized spacial score (nSPS) is 13.6. The van der Waals surface area contributed by atoms with Crippen LogP contribution in [0, 0.1) is 5.92 Å². The Morgan fingerprint density at radius 2 is 2.31 bits per heavy atom. The lowest BCUT2D eigenvalue weighted by Gasteiger charge is -2.10. The Morgan fingerprint density at radius 3 is 2.75 bits per heavy atom. The Kier molecular flexibility index (Phi) is 4.08. The molecule has 0 aromatic carbocycles. The van der Waals surface area contributed by atoms with E-state index in [0.29, 0.717) is 6.42 Å². The van der Waals surface area contributed by atoms with Gasteiger partial charge in [0.05, 0.1) is 10.8 Å². The van der Waals surface area contributed by atoms with E-state index >= 15 is 0 Å². The van der Waals surface area contributed by atoms with Gasteiger partial charge in [0.1, 0.15) is 0 Å². The Labute approximate surface area is 93.7 Å². The first kappa shape index (κ1) is 12.7. The molecule has 6 nitrogen and oxygen atoms in total. The smallest absolute Gasteiger partial charge is 0.307 e. The highest BCUT2D eigenvalue weighted by atomic mass is 32.2. The predicted octanol–water partition coefficient (Wildman–Crippen LogP) is 0.404. The highest BCUT2D eigenvalue weighted by molar-refractivity contribution is 7.89. The van der Waals surface area contributed by atoms with Crippen molar-refractivity contribution in [3.05, 3.63) is 18.5 Å². The Bertz CT molecular complexity index is 438. The van der Waals surface area contributed by atoms with Gasteiger partial charge in [0.15, 0.2) is 0 Å². The SMILES string of the molecule is CCC(CNS(=O)(=O)c1cc[nH]c1)C(=O)O. The summed E-state index contributed by atoms with van der Waals surface area (Å²) in [6.07, 6.45) is 3.21. The van der Waals surface area contributed by atoms with Crippen LogP contribution in [-0.4, -0.2) is 31.0 Å². The Balaban J connectivity index is 2.65. The van der Waals surface area contributed by atoms with E-state index in [0.717, 1.165) is 0 Å². The maximum atomic E-state index is 11.6. The van der Waals surface area contributed by atoms with Crippen LogP contribution < -0.4 is 4.72 Å². The van der Waals surface area contributed by atoms with Crippen molar-refractivity contribution in [3.63, 3.8) is 0 Å². The minimum atomic E-state index is -3.60. The van der Waals surface area contributed by atoms with E-state index in [1.165, 1.54) is 18.5 Å². The number of rotatable bonds is 6. The van der Waals surface area contributed by atoms with Crippen molar-refractivity contribution in [1.29, 1.82) is 0 Å². The van der Waals surface area contributed by atoms with Crippen LogP contribution in [0.4, 0.5) is 0 Å². The summed E-state index contributed by atoms with van der Waals surface area (Å²) < 4.78 is 25.5. The largest absolute Gasteiger partial charge is 0.481 e. The van der Waals surface area contributed by atoms with Gasteiger partial charge in [-0.3, -0.25) is 4.79 Å². The van der Waals surface area contributed by atoms with Gasteiger partial charge in [0.25, 0.3) is 0 Å². The van der Waals surface area contributed by atoms with Crippen molar-refractivity contribution in [1.82, 2.24) is 9.71 Å². The minimum Gasteiger partial charge on any atom is -0.481 e. The molecule has 1 atom stereocenters. The number of aromatic nitrogens is 1. The second-order valence-electron chi connectivity index (χ2n) is 3.34. The van der Waals surface area contributed by atoms with Gasteiger partial charge >= 0.3 is 5.97 Å². The molecule has 0 saturated heterocycles. The highest BCUT2D eigenvalue weighted by Crippen LogP contribution is 2.08. The van der Waals surface area contributed by atoms with Gasteiger partial charge in [-0.05, 0) is 12.5 Å². The lowest BCUT2D eigenvalue weighted by molar-refractivity contribution is -0.141. The highest BCUT2D eigenvalue weighted by Gasteiger charge is 2.20. The van der Waals surface area contributed by atoms with Gasteiger partial charge in [0, 0.05) is 18.9 Å². The molecule has 3 N–H and O–H groups in total. The van der Waals surface area contributed by atoms with Crippen LogP contribution in [0.5, 0.6) is 0 Å². The number of carboxylic acids is 1. The molecule has 0 radical (unpaired) electrons. The molecule has 0 bridgehead atoms. The van der Waals surface area contributed by atoms with Gasteiger partial charge in [-0.25, -0.2) is 13.1 Å². The van der Waals surface area contributed by atoms with Crippen LogP contribution in [0.3, 0.4) is 0 Å². The van der Waals surface area contributed by atoms with Crippen molar-refractivity contribution in [2.45, 2.75) is 18.2 Å². The quantitative estimate of drug-likeness (QED) is 0.676. The van der Waals surface area contributed by atoms with E-state index in [2.05, 4.69) is 9.71 Å². The van der Waals surface area contributed by atoms with Crippen LogP contribution in [0.25, 0.3) is 0 Å². The lowest BCUT2D eigenvalue weighted by atomic mass is 10.1. The maximum absolute atomic E-state index is 11.6. The van der Waals surface area contributed by atoms with E-state index < -0.39 is 21.9 Å². The topological polar surface area (TPSA) is 99.3 Å². The first-order valence-corrected chi connectivity index (χ1v) is 6.31. The van der Waals surface area contributed by atoms with E-state index in [1.54, 1.807) is 6.92 Å². The first-order valence-electron chi connectivity index (χ1n) is 4.82. The van der Waals surface area contributed by atoms with Crippen molar-refractivity contribution in [3.8, 4) is 0 Å². The molecule has 90 valence electrons. The summed E-state index contributed by atoms with van der Waals surface area (Å²) in [5, 5.41) is 8.76. The zero-order valence-electron chi connectivity index (χ0n) is 8.80. The Hall–Kier alpha value is -1.34. The van der Waals surface area contributed by atoms with Crippen LogP contribution in [0.2, 0.25) is 0 Å². The summed E-state index contributed by atoms with van der Waals surface area (Å²) in [6.45, 7) is 1.60. The number of hydrogen-bond donors (Lipinski definition) is 3. The van der Waals surface area contributed by atoms with Gasteiger partial charge in [0.2, 0.25) is 10.0 Å². The van der Waals surface area contributed by atoms with E-state index in [4.69, 9.17) is 5.11 Å². The number of nitrogens with one attached hydrogen (secondary N) is 2. The molecule has 0 spiro atoms. The molecule has 1 heterocycles. The number of H-pyrrole nitrogens is 1. The van der Waals surface area contributed by atoms with Gasteiger partial charge < -0.3 is 10.1 Å². The molecule has 0 aliphatic carbocycles. The Morgan fingerprint density at radius 1 is 1.62 bits per heavy atom. The molecule has 1 rings (SSSR count). The van der Waals surface area contributed by atoms with Crippen molar-refractivity contribution in [2.75, 3.05) is 6.54 Å². The third-order valence-corrected chi connectivity index (χ3v) is 3.66. The fourth-order valence-corrected chi connectivity index (χ4v) is 2.23. The van der Waals surface area contributed by atoms with Crippen LogP contribution in [0.1, 0.15) is 13.3 Å². The lowest BCUT2D eigenvalue weighted by Crippen LogP contribution is -2.32. The van der Waals surface area contributed by atoms with Crippen LogP contribution >= 0.6 is 0 Å². The predicted molar refractivity (Wildman–Crippen MR) is 57.4 cm³/mol. The second-order valence-corrected chi connectivity index (χ2v) is 5.11. The van der Waals surface area contributed by atoms with E-state index in [-0.39, 0.29) is 11.4 Å². The van der Waals surface area contributed by atoms with Crippen LogP contribution in [-0.2, 0) is 14.8 Å². The number of hydrogen-bond acceptors (Lipinski definition) is 3. The average Bonchev–Trinajstić information content (AvgIpc) is 2.71. The molecule has 0 amide bonds. The van der Waals surface area contributed by atoms with E-state index in [9.17, 15) is 13.2 Å². The zero-order chi connectivity index (χ0) is 12.2. The number of carboxylic acid groups (broad SMARTS) is 1. The summed E-state index contributed by atoms with van der Waals surface area (Å²) in [4.78, 5) is 13.4. The van der Waals surface area contributed by atoms with Crippen LogP contribution in [0.15, 0.2) is 23.4 Å². The number of aromatic amines is 1. The number of sulfonamides is 1. The average molecular weight is 246 g/mol. The fraction of sp³-hybridized carbons (Fsp3) is 0.444. The second kappa shape index (κ2) is 5.13. The molecular weight excluding hydrogens is 232 g/mol. The van der Waals surface area contributed by atoms with E-state index in [1.807, 2.05) is 0 Å². The molecule has 7 heteroatoms. The van der Waals surface area contributed by atoms with Crippen molar-refractivity contribution >= 4 is 16.0 Å². The summed E-state index contributed by atoms with van der Waals surface area (Å²) in [7, 11) is -3.60. The molecule has 0 fully saturated rings. The monoisotopic (exact) mass is 246 g/mol. The first-order chi connectivity index (χ1) is 7.47. The standard InChI is InChI=1S/C9H14N2O4S/c1-2-7(9(12)13)5-11-16(14,15)8-3-4-10-6-8/h3-4,6-7,10-11H,2,5H2,1H3,(H,12,13). The van der Waals surface area contributed by atoms with Gasteiger partial charge in [-0.15, -0.1) is 0 Å². The molecule has 0 aliphatic heterocycles. The zero-order valence-corrected chi connectivity index (χ0v) is 9.62. The van der Waals surface area contributed by atoms with Gasteiger partial charge in [-0.2, -0.15) is 0 Å². The van der Waals surface area contributed by atoms with Gasteiger partial charge in [-0.1, -0.05) is 6.92 Å². The fourth-order valence-electron chi connectivity index (χ4n) is 1.18.